The second kappa shape index (κ2) is 6.17. The van der Waals surface area contributed by atoms with Gasteiger partial charge in [0.2, 0.25) is 17.7 Å². The Labute approximate surface area is 128 Å². The molecule has 1 heterocycles. The lowest BCUT2D eigenvalue weighted by Gasteiger charge is -2.08. The van der Waals surface area contributed by atoms with Gasteiger partial charge in [0.05, 0.1) is 13.7 Å². The van der Waals surface area contributed by atoms with E-state index in [2.05, 4.69) is 15.5 Å². The molecule has 0 spiro atoms. The van der Waals surface area contributed by atoms with Crippen LogP contribution in [0.5, 0.6) is 5.75 Å². The Hall–Kier alpha value is -2.37. The van der Waals surface area contributed by atoms with E-state index in [4.69, 9.17) is 9.15 Å². The van der Waals surface area contributed by atoms with Gasteiger partial charge in [-0.25, -0.2) is 0 Å². The molecule has 22 heavy (non-hydrogen) atoms. The minimum Gasteiger partial charge on any atom is -0.497 e. The highest BCUT2D eigenvalue weighted by Crippen LogP contribution is 2.36. The molecule has 1 amide bonds. The monoisotopic (exact) mass is 301 g/mol. The second-order valence-corrected chi connectivity index (χ2v) is 5.58. The first-order valence-electron chi connectivity index (χ1n) is 7.42. The average Bonchev–Trinajstić information content (AvgIpc) is 3.30. The molecule has 1 aliphatic rings. The van der Waals surface area contributed by atoms with Gasteiger partial charge in [0.25, 0.3) is 0 Å². The van der Waals surface area contributed by atoms with E-state index in [0.29, 0.717) is 17.7 Å². The maximum absolute atomic E-state index is 11.9. The highest BCUT2D eigenvalue weighted by molar-refractivity contribution is 5.78. The number of carbonyl (C=O) groups excluding carboxylic acids is 1. The van der Waals surface area contributed by atoms with E-state index in [-0.39, 0.29) is 18.4 Å². The van der Waals surface area contributed by atoms with E-state index in [1.165, 1.54) is 0 Å². The van der Waals surface area contributed by atoms with Crippen LogP contribution in [-0.4, -0.2) is 23.2 Å². The summed E-state index contributed by atoms with van der Waals surface area (Å²) in [6, 6.07) is 7.40. The first-order valence-corrected chi connectivity index (χ1v) is 7.42. The van der Waals surface area contributed by atoms with Gasteiger partial charge in [-0.15, -0.1) is 10.2 Å². The van der Waals surface area contributed by atoms with Crippen LogP contribution in [0.3, 0.4) is 0 Å². The molecule has 0 aliphatic heterocycles. The fraction of sp³-hybridized carbons (Fsp3) is 0.438. The minimum atomic E-state index is 0.0450. The molecule has 1 aromatic carbocycles. The molecule has 6 nitrogen and oxygen atoms in total. The number of methoxy groups -OCH3 is 1. The van der Waals surface area contributed by atoms with Crippen LogP contribution in [0.15, 0.2) is 28.7 Å². The average molecular weight is 301 g/mol. The Balaban J connectivity index is 1.62. The molecule has 1 unspecified atom stereocenters. The minimum absolute atomic E-state index is 0.0450. The summed E-state index contributed by atoms with van der Waals surface area (Å²) in [5, 5.41) is 10.8. The molecule has 3 rings (SSSR count). The normalized spacial score (nSPS) is 15.4. The van der Waals surface area contributed by atoms with Gasteiger partial charge < -0.3 is 14.5 Å². The lowest BCUT2D eigenvalue weighted by atomic mass is 10.1. The maximum atomic E-state index is 11.9. The predicted octanol–water partition coefficient (Wildman–Crippen LogP) is 2.41. The van der Waals surface area contributed by atoms with E-state index < -0.39 is 0 Å². The van der Waals surface area contributed by atoms with Crippen molar-refractivity contribution in [2.75, 3.05) is 7.11 Å². The first-order chi connectivity index (χ1) is 10.7. The largest absolute Gasteiger partial charge is 0.497 e. The molecular weight excluding hydrogens is 282 g/mol. The van der Waals surface area contributed by atoms with Crippen LogP contribution in [0.1, 0.15) is 25.7 Å². The smallest absolute Gasteiger partial charge is 0.247 e. The Bertz CT molecular complexity index is 664. The van der Waals surface area contributed by atoms with Crippen LogP contribution in [0.25, 0.3) is 11.5 Å². The van der Waals surface area contributed by atoms with Gasteiger partial charge in [-0.1, -0.05) is 13.0 Å². The summed E-state index contributed by atoms with van der Waals surface area (Å²) in [6.45, 7) is 2.22. The summed E-state index contributed by atoms with van der Waals surface area (Å²) in [4.78, 5) is 11.9. The van der Waals surface area contributed by atoms with Gasteiger partial charge in [-0.05, 0) is 37.0 Å². The topological polar surface area (TPSA) is 77.3 Å². The molecule has 1 N–H and O–H groups in total. The molecule has 1 atom stereocenters. The number of rotatable bonds is 6. The van der Waals surface area contributed by atoms with Crippen molar-refractivity contribution in [3.05, 3.63) is 30.2 Å². The predicted molar refractivity (Wildman–Crippen MR) is 80.0 cm³/mol. The molecule has 2 aromatic rings. The number of amides is 1. The van der Waals surface area contributed by atoms with Crippen molar-refractivity contribution in [1.82, 2.24) is 15.5 Å². The first kappa shape index (κ1) is 14.6. The molecule has 6 heteroatoms. The zero-order chi connectivity index (χ0) is 15.5. The molecule has 0 bridgehead atoms. The standard InChI is InChI=1S/C16H19N3O3/c1-10(11-6-7-11)15(20)17-9-14-18-19-16(22-14)12-4-3-5-13(8-12)21-2/h3-5,8,10-11H,6-7,9H2,1-2H3,(H,17,20). The van der Waals surface area contributed by atoms with E-state index >= 15 is 0 Å². The molecule has 1 fully saturated rings. The number of ether oxygens (including phenoxy) is 1. The van der Waals surface area contributed by atoms with Gasteiger partial charge >= 0.3 is 0 Å². The Kier molecular flexibility index (Phi) is 4.09. The van der Waals surface area contributed by atoms with Crippen molar-refractivity contribution in [2.24, 2.45) is 11.8 Å². The van der Waals surface area contributed by atoms with E-state index in [1.54, 1.807) is 7.11 Å². The lowest BCUT2D eigenvalue weighted by molar-refractivity contribution is -0.125. The van der Waals surface area contributed by atoms with E-state index in [1.807, 2.05) is 31.2 Å². The number of nitrogens with one attached hydrogen (secondary N) is 1. The van der Waals surface area contributed by atoms with Crippen LogP contribution < -0.4 is 10.1 Å². The maximum Gasteiger partial charge on any atom is 0.247 e. The molecule has 0 radical (unpaired) electrons. The van der Waals surface area contributed by atoms with Crippen LogP contribution in [0.4, 0.5) is 0 Å². The third-order valence-corrected chi connectivity index (χ3v) is 3.94. The van der Waals surface area contributed by atoms with Gasteiger partial charge in [-0.2, -0.15) is 0 Å². The molecule has 1 saturated carbocycles. The van der Waals surface area contributed by atoms with Crippen molar-refractivity contribution < 1.29 is 13.9 Å². The highest BCUT2D eigenvalue weighted by Gasteiger charge is 2.32. The third kappa shape index (κ3) is 3.27. The molecular formula is C16H19N3O3. The number of aromatic nitrogens is 2. The van der Waals surface area contributed by atoms with Crippen molar-refractivity contribution in [2.45, 2.75) is 26.3 Å². The summed E-state index contributed by atoms with van der Waals surface area (Å²) in [6.07, 6.45) is 2.30. The summed E-state index contributed by atoms with van der Waals surface area (Å²) in [7, 11) is 1.61. The molecule has 0 saturated heterocycles. The number of hydrogen-bond donors (Lipinski definition) is 1. The summed E-state index contributed by atoms with van der Waals surface area (Å²) in [5.41, 5.74) is 0.788. The van der Waals surface area contributed by atoms with Crippen LogP contribution in [0, 0.1) is 11.8 Å². The number of hydrogen-bond acceptors (Lipinski definition) is 5. The molecule has 1 aliphatic carbocycles. The SMILES string of the molecule is COc1cccc(-c2nnc(CNC(=O)C(C)C3CC3)o2)c1. The summed E-state index contributed by atoms with van der Waals surface area (Å²) < 4.78 is 10.8. The molecule has 1 aromatic heterocycles. The van der Waals surface area contributed by atoms with Crippen LogP contribution >= 0.6 is 0 Å². The fourth-order valence-corrected chi connectivity index (χ4v) is 2.33. The van der Waals surface area contributed by atoms with Gasteiger partial charge in [0, 0.05) is 11.5 Å². The van der Waals surface area contributed by atoms with Crippen LogP contribution in [-0.2, 0) is 11.3 Å². The van der Waals surface area contributed by atoms with Crippen molar-refractivity contribution in [1.29, 1.82) is 0 Å². The zero-order valence-corrected chi connectivity index (χ0v) is 12.7. The van der Waals surface area contributed by atoms with E-state index in [0.717, 1.165) is 24.2 Å². The summed E-state index contributed by atoms with van der Waals surface area (Å²) in [5.74, 6) is 2.18. The summed E-state index contributed by atoms with van der Waals surface area (Å²) >= 11 is 0. The number of benzene rings is 1. The lowest BCUT2D eigenvalue weighted by Crippen LogP contribution is -2.29. The van der Waals surface area contributed by atoms with Gasteiger partial charge in [-0.3, -0.25) is 4.79 Å². The van der Waals surface area contributed by atoms with E-state index in [9.17, 15) is 4.79 Å². The number of carbonyl (C=O) groups is 1. The Morgan fingerprint density at radius 3 is 3.00 bits per heavy atom. The third-order valence-electron chi connectivity index (χ3n) is 3.94. The zero-order valence-electron chi connectivity index (χ0n) is 12.7. The Morgan fingerprint density at radius 2 is 2.27 bits per heavy atom. The van der Waals surface area contributed by atoms with Crippen molar-refractivity contribution >= 4 is 5.91 Å². The number of nitrogens with zero attached hydrogens (tertiary/aromatic N) is 2. The molecule has 116 valence electrons. The van der Waals surface area contributed by atoms with Crippen molar-refractivity contribution in [3.8, 4) is 17.2 Å². The van der Waals surface area contributed by atoms with Crippen molar-refractivity contribution in [3.63, 3.8) is 0 Å². The Morgan fingerprint density at radius 1 is 1.45 bits per heavy atom. The van der Waals surface area contributed by atoms with Crippen LogP contribution in [0.2, 0.25) is 0 Å². The quantitative estimate of drug-likeness (QED) is 0.886. The highest BCUT2D eigenvalue weighted by atomic mass is 16.5. The van der Waals surface area contributed by atoms with Gasteiger partial charge in [0.1, 0.15) is 5.75 Å². The second-order valence-electron chi connectivity index (χ2n) is 5.58. The van der Waals surface area contributed by atoms with Gasteiger partial charge in [0.15, 0.2) is 0 Å². The fourth-order valence-electron chi connectivity index (χ4n) is 2.33.